The van der Waals surface area contributed by atoms with Gasteiger partial charge in [0.1, 0.15) is 12.2 Å². The molecule has 0 unspecified atom stereocenters. The normalized spacial score (nSPS) is 15.4. The minimum Gasteiger partial charge on any atom is -0.355 e. The first-order valence-electron chi connectivity index (χ1n) is 9.40. The van der Waals surface area contributed by atoms with E-state index in [9.17, 15) is 0 Å². The smallest absolute Gasteiger partial charge is 0.191 e. The van der Waals surface area contributed by atoms with E-state index in [2.05, 4.69) is 72.5 Å². The first-order valence-corrected chi connectivity index (χ1v) is 10.2. The number of aromatic nitrogens is 3. The molecule has 0 bridgehead atoms. The number of aliphatic imine (C=N–C) groups is 1. The molecule has 6 nitrogen and oxygen atoms in total. The van der Waals surface area contributed by atoms with Gasteiger partial charge in [-0.05, 0) is 30.5 Å². The Balaban J connectivity index is 1.58. The van der Waals surface area contributed by atoms with Gasteiger partial charge in [-0.1, -0.05) is 47.8 Å². The molecule has 1 heterocycles. The van der Waals surface area contributed by atoms with Crippen molar-refractivity contribution in [3.63, 3.8) is 0 Å². The Hall–Kier alpha value is -1.89. The van der Waals surface area contributed by atoms with Gasteiger partial charge in [0.05, 0.1) is 6.54 Å². The summed E-state index contributed by atoms with van der Waals surface area (Å²) < 4.78 is 3.18. The van der Waals surface area contributed by atoms with Gasteiger partial charge in [0.15, 0.2) is 5.96 Å². The molecule has 7 heteroatoms. The Bertz CT molecular complexity index is 703. The second-order valence-corrected chi connectivity index (χ2v) is 7.55. The highest BCUT2D eigenvalue weighted by atomic mass is 79.9. The fourth-order valence-electron chi connectivity index (χ4n) is 3.21. The Morgan fingerprint density at radius 2 is 2.04 bits per heavy atom. The van der Waals surface area contributed by atoms with Crippen molar-refractivity contribution in [2.75, 3.05) is 6.54 Å². The van der Waals surface area contributed by atoms with Gasteiger partial charge in [0, 0.05) is 30.0 Å². The summed E-state index contributed by atoms with van der Waals surface area (Å²) in [5.74, 6) is 1.91. The molecule has 0 aliphatic heterocycles. The van der Waals surface area contributed by atoms with Crippen LogP contribution in [0.4, 0.5) is 0 Å². The summed E-state index contributed by atoms with van der Waals surface area (Å²) in [4.78, 5) is 4.79. The van der Waals surface area contributed by atoms with Crippen molar-refractivity contribution in [1.82, 2.24) is 25.4 Å². The van der Waals surface area contributed by atoms with Crippen LogP contribution in [0.15, 0.2) is 40.1 Å². The zero-order valence-electron chi connectivity index (χ0n) is 15.3. The van der Waals surface area contributed by atoms with Gasteiger partial charge < -0.3 is 15.2 Å². The summed E-state index contributed by atoms with van der Waals surface area (Å²) in [6, 6.07) is 8.85. The summed E-state index contributed by atoms with van der Waals surface area (Å²) in [5.41, 5.74) is 1.20. The number of halogens is 1. The Labute approximate surface area is 163 Å². The SMILES string of the molecule is CCc1nncn1CCNC(=NCc1ccc(Br)cc1)NC1CCCC1. The highest BCUT2D eigenvalue weighted by Gasteiger charge is 2.16. The molecule has 0 radical (unpaired) electrons. The maximum absolute atomic E-state index is 4.79. The van der Waals surface area contributed by atoms with Crippen molar-refractivity contribution >= 4 is 21.9 Å². The van der Waals surface area contributed by atoms with Crippen molar-refractivity contribution in [3.8, 4) is 0 Å². The molecular weight excluding hydrogens is 392 g/mol. The van der Waals surface area contributed by atoms with Gasteiger partial charge in [-0.3, -0.25) is 0 Å². The number of guanidine groups is 1. The maximum Gasteiger partial charge on any atom is 0.191 e. The number of hydrogen-bond donors (Lipinski definition) is 2. The van der Waals surface area contributed by atoms with E-state index in [4.69, 9.17) is 4.99 Å². The average Bonchev–Trinajstić information content (AvgIpc) is 3.32. The van der Waals surface area contributed by atoms with Crippen LogP contribution in [0.5, 0.6) is 0 Å². The molecule has 1 aliphatic rings. The van der Waals surface area contributed by atoms with Gasteiger partial charge in [-0.2, -0.15) is 0 Å². The van der Waals surface area contributed by atoms with Crippen LogP contribution in [0.2, 0.25) is 0 Å². The molecule has 1 aromatic heterocycles. The van der Waals surface area contributed by atoms with E-state index in [1.165, 1.54) is 31.2 Å². The average molecular weight is 419 g/mol. The van der Waals surface area contributed by atoms with Crippen LogP contribution in [0.3, 0.4) is 0 Å². The molecule has 0 amide bonds. The highest BCUT2D eigenvalue weighted by molar-refractivity contribution is 9.10. The summed E-state index contributed by atoms with van der Waals surface area (Å²) in [7, 11) is 0. The topological polar surface area (TPSA) is 67.1 Å². The van der Waals surface area contributed by atoms with Crippen LogP contribution in [0.1, 0.15) is 44.0 Å². The van der Waals surface area contributed by atoms with Crippen LogP contribution in [0.25, 0.3) is 0 Å². The lowest BCUT2D eigenvalue weighted by atomic mass is 10.2. The van der Waals surface area contributed by atoms with E-state index < -0.39 is 0 Å². The van der Waals surface area contributed by atoms with E-state index in [-0.39, 0.29) is 0 Å². The molecule has 140 valence electrons. The molecule has 1 saturated carbocycles. The van der Waals surface area contributed by atoms with Crippen LogP contribution in [-0.2, 0) is 19.5 Å². The molecule has 3 rings (SSSR count). The number of aryl methyl sites for hydroxylation is 1. The summed E-state index contributed by atoms with van der Waals surface area (Å²) in [6.45, 7) is 4.40. The third-order valence-electron chi connectivity index (χ3n) is 4.69. The minimum atomic E-state index is 0.535. The number of nitrogens with zero attached hydrogens (tertiary/aromatic N) is 4. The molecule has 2 aromatic rings. The highest BCUT2D eigenvalue weighted by Crippen LogP contribution is 2.17. The number of rotatable bonds is 7. The van der Waals surface area contributed by atoms with E-state index in [0.717, 1.165) is 35.8 Å². The quantitative estimate of drug-likeness (QED) is 0.534. The Morgan fingerprint density at radius 1 is 1.27 bits per heavy atom. The van der Waals surface area contributed by atoms with E-state index >= 15 is 0 Å². The fourth-order valence-corrected chi connectivity index (χ4v) is 3.47. The largest absolute Gasteiger partial charge is 0.355 e. The molecule has 1 aromatic carbocycles. The summed E-state index contributed by atoms with van der Waals surface area (Å²) in [6.07, 6.45) is 7.75. The van der Waals surface area contributed by atoms with Gasteiger partial charge in [0.25, 0.3) is 0 Å². The van der Waals surface area contributed by atoms with E-state index in [0.29, 0.717) is 12.6 Å². The van der Waals surface area contributed by atoms with E-state index in [1.54, 1.807) is 6.33 Å². The number of hydrogen-bond acceptors (Lipinski definition) is 3. The lowest BCUT2D eigenvalue weighted by molar-refractivity contribution is 0.593. The minimum absolute atomic E-state index is 0.535. The number of benzene rings is 1. The van der Waals surface area contributed by atoms with Crippen molar-refractivity contribution < 1.29 is 0 Å². The molecule has 0 saturated heterocycles. The number of nitrogens with one attached hydrogen (secondary N) is 2. The summed E-state index contributed by atoms with van der Waals surface area (Å²) in [5, 5.41) is 15.2. The van der Waals surface area contributed by atoms with Crippen molar-refractivity contribution in [2.45, 2.75) is 58.2 Å². The van der Waals surface area contributed by atoms with Crippen LogP contribution >= 0.6 is 15.9 Å². The first-order chi connectivity index (χ1) is 12.7. The standard InChI is InChI=1S/C19H27BrN6/c1-2-18-25-23-14-26(18)12-11-21-19(24-17-5-3-4-6-17)22-13-15-7-9-16(20)10-8-15/h7-10,14,17H,2-6,11-13H2,1H3,(H2,21,22,24). The van der Waals surface area contributed by atoms with Crippen molar-refractivity contribution in [1.29, 1.82) is 0 Å². The molecular formula is C19H27BrN6. The lowest BCUT2D eigenvalue weighted by Crippen LogP contribution is -2.43. The van der Waals surface area contributed by atoms with Gasteiger partial charge >= 0.3 is 0 Å². The zero-order valence-corrected chi connectivity index (χ0v) is 16.9. The lowest BCUT2D eigenvalue weighted by Gasteiger charge is -2.18. The predicted molar refractivity (Wildman–Crippen MR) is 108 cm³/mol. The van der Waals surface area contributed by atoms with Crippen molar-refractivity contribution in [3.05, 3.63) is 46.5 Å². The Kier molecular flexibility index (Phi) is 7.05. The van der Waals surface area contributed by atoms with E-state index in [1.807, 2.05) is 0 Å². The van der Waals surface area contributed by atoms with Crippen LogP contribution in [-0.4, -0.2) is 33.3 Å². The van der Waals surface area contributed by atoms with Crippen LogP contribution in [0, 0.1) is 0 Å². The predicted octanol–water partition coefficient (Wildman–Crippen LogP) is 3.28. The molecule has 1 fully saturated rings. The first kappa shape index (κ1) is 18.9. The summed E-state index contributed by atoms with van der Waals surface area (Å²) >= 11 is 3.48. The molecule has 1 aliphatic carbocycles. The van der Waals surface area contributed by atoms with Gasteiger partial charge in [-0.25, -0.2) is 4.99 Å². The third kappa shape index (κ3) is 5.56. The molecule has 26 heavy (non-hydrogen) atoms. The van der Waals surface area contributed by atoms with Crippen molar-refractivity contribution in [2.24, 2.45) is 4.99 Å². The second kappa shape index (κ2) is 9.71. The monoisotopic (exact) mass is 418 g/mol. The van der Waals surface area contributed by atoms with Crippen LogP contribution < -0.4 is 10.6 Å². The maximum atomic E-state index is 4.79. The molecule has 0 spiro atoms. The molecule has 2 N–H and O–H groups in total. The van der Waals surface area contributed by atoms with Gasteiger partial charge in [0.2, 0.25) is 0 Å². The third-order valence-corrected chi connectivity index (χ3v) is 5.21. The fraction of sp³-hybridized carbons (Fsp3) is 0.526. The molecule has 0 atom stereocenters. The Morgan fingerprint density at radius 3 is 2.77 bits per heavy atom. The zero-order chi connectivity index (χ0) is 18.2. The second-order valence-electron chi connectivity index (χ2n) is 6.64. The van der Waals surface area contributed by atoms with Gasteiger partial charge in [-0.15, -0.1) is 10.2 Å².